The summed E-state index contributed by atoms with van der Waals surface area (Å²) in [6, 6.07) is -0.991. The fourth-order valence-corrected chi connectivity index (χ4v) is 2.54. The number of ether oxygens (including phenoxy) is 5. The van der Waals surface area contributed by atoms with Gasteiger partial charge in [0, 0.05) is 6.92 Å². The van der Waals surface area contributed by atoms with Crippen molar-refractivity contribution in [3.8, 4) is 0 Å². The van der Waals surface area contributed by atoms with E-state index < -0.39 is 49.1 Å². The standard InChI is InChI=1S/C17H31NO11/c1-11(20)18-14-16(24)15(23)12(10-19)29-17(14)28-9-8-27-7-6-26-5-4-25-3-2-13(21)22/h12,14-17,19,23-24H,2-10H2,1H3,(H,18,20)(H,21,22). The lowest BCUT2D eigenvalue weighted by Gasteiger charge is -2.42. The van der Waals surface area contributed by atoms with Crippen molar-refractivity contribution in [2.45, 2.75) is 44.0 Å². The lowest BCUT2D eigenvalue weighted by atomic mass is 9.97. The first-order chi connectivity index (χ1) is 13.9. The van der Waals surface area contributed by atoms with Crippen molar-refractivity contribution >= 4 is 11.9 Å². The van der Waals surface area contributed by atoms with E-state index in [2.05, 4.69) is 5.32 Å². The van der Waals surface area contributed by atoms with Crippen LogP contribution in [0.15, 0.2) is 0 Å². The maximum Gasteiger partial charge on any atom is 0.305 e. The molecule has 0 aliphatic carbocycles. The number of aliphatic hydroxyl groups is 3. The highest BCUT2D eigenvalue weighted by molar-refractivity contribution is 5.73. The third-order valence-corrected chi connectivity index (χ3v) is 3.96. The Balaban J connectivity index is 2.16. The quantitative estimate of drug-likeness (QED) is 0.175. The van der Waals surface area contributed by atoms with Gasteiger partial charge in [-0.05, 0) is 0 Å². The van der Waals surface area contributed by atoms with Crippen LogP contribution in [0.1, 0.15) is 13.3 Å². The lowest BCUT2D eigenvalue weighted by molar-refractivity contribution is -0.272. The van der Waals surface area contributed by atoms with Gasteiger partial charge in [0.1, 0.15) is 24.4 Å². The van der Waals surface area contributed by atoms with Crippen LogP contribution in [0.4, 0.5) is 0 Å². The molecule has 12 heteroatoms. The van der Waals surface area contributed by atoms with E-state index in [1.165, 1.54) is 6.92 Å². The maximum atomic E-state index is 11.3. The molecule has 1 aliphatic heterocycles. The summed E-state index contributed by atoms with van der Waals surface area (Å²) in [6.45, 7) is 2.36. The number of carboxylic acid groups (broad SMARTS) is 1. The number of amides is 1. The Morgan fingerprint density at radius 2 is 1.48 bits per heavy atom. The second-order valence-corrected chi connectivity index (χ2v) is 6.28. The van der Waals surface area contributed by atoms with E-state index in [1.807, 2.05) is 0 Å². The molecule has 0 aromatic heterocycles. The third kappa shape index (κ3) is 10.3. The minimum Gasteiger partial charge on any atom is -0.481 e. The van der Waals surface area contributed by atoms with E-state index in [4.69, 9.17) is 28.8 Å². The topological polar surface area (TPSA) is 173 Å². The highest BCUT2D eigenvalue weighted by Crippen LogP contribution is 2.22. The molecule has 29 heavy (non-hydrogen) atoms. The fourth-order valence-electron chi connectivity index (χ4n) is 2.54. The van der Waals surface area contributed by atoms with Gasteiger partial charge in [-0.2, -0.15) is 0 Å². The van der Waals surface area contributed by atoms with Crippen LogP contribution in [-0.4, -0.2) is 116 Å². The number of carbonyl (C=O) groups is 2. The summed E-state index contributed by atoms with van der Waals surface area (Å²) in [4.78, 5) is 21.6. The van der Waals surface area contributed by atoms with Crippen LogP contribution >= 0.6 is 0 Å². The van der Waals surface area contributed by atoms with Crippen LogP contribution in [0.5, 0.6) is 0 Å². The van der Waals surface area contributed by atoms with Gasteiger partial charge in [0.25, 0.3) is 0 Å². The van der Waals surface area contributed by atoms with Gasteiger partial charge in [0.2, 0.25) is 5.91 Å². The average Bonchev–Trinajstić information content (AvgIpc) is 2.67. The number of aliphatic hydroxyl groups excluding tert-OH is 3. The zero-order valence-corrected chi connectivity index (χ0v) is 16.4. The number of rotatable bonds is 15. The van der Waals surface area contributed by atoms with Crippen LogP contribution < -0.4 is 5.32 Å². The normalized spacial score (nSPS) is 27.0. The summed E-state index contributed by atoms with van der Waals surface area (Å²) in [7, 11) is 0. The Bertz CT molecular complexity index is 478. The summed E-state index contributed by atoms with van der Waals surface area (Å²) in [5, 5.41) is 40.2. The molecule has 5 atom stereocenters. The van der Waals surface area contributed by atoms with Crippen LogP contribution in [0, 0.1) is 0 Å². The predicted molar refractivity (Wildman–Crippen MR) is 96.0 cm³/mol. The molecule has 1 saturated heterocycles. The van der Waals surface area contributed by atoms with E-state index in [0.29, 0.717) is 26.4 Å². The summed E-state index contributed by atoms with van der Waals surface area (Å²) < 4.78 is 26.5. The van der Waals surface area contributed by atoms with E-state index >= 15 is 0 Å². The first kappa shape index (κ1) is 25.7. The molecule has 1 heterocycles. The van der Waals surface area contributed by atoms with Gasteiger partial charge in [0.05, 0.1) is 59.3 Å². The van der Waals surface area contributed by atoms with E-state index in [9.17, 15) is 24.9 Å². The first-order valence-electron chi connectivity index (χ1n) is 9.33. The van der Waals surface area contributed by atoms with Gasteiger partial charge in [-0.3, -0.25) is 9.59 Å². The average molecular weight is 425 g/mol. The van der Waals surface area contributed by atoms with Crippen LogP contribution in [0.3, 0.4) is 0 Å². The minimum atomic E-state index is -1.36. The van der Waals surface area contributed by atoms with Crippen molar-refractivity contribution in [3.63, 3.8) is 0 Å². The number of carboxylic acids is 1. The Morgan fingerprint density at radius 1 is 0.931 bits per heavy atom. The number of hydrogen-bond donors (Lipinski definition) is 5. The molecule has 1 amide bonds. The molecular weight excluding hydrogens is 394 g/mol. The Hall–Kier alpha value is -1.38. The molecule has 0 spiro atoms. The summed E-state index contributed by atoms with van der Waals surface area (Å²) in [5.41, 5.74) is 0. The van der Waals surface area contributed by atoms with E-state index in [1.54, 1.807) is 0 Å². The number of hydrogen-bond acceptors (Lipinski definition) is 10. The predicted octanol–water partition coefficient (Wildman–Crippen LogP) is -2.53. The van der Waals surface area contributed by atoms with Crippen molar-refractivity contribution in [2.24, 2.45) is 0 Å². The van der Waals surface area contributed by atoms with Gasteiger partial charge >= 0.3 is 5.97 Å². The van der Waals surface area contributed by atoms with E-state index in [-0.39, 0.29) is 26.2 Å². The second-order valence-electron chi connectivity index (χ2n) is 6.28. The van der Waals surface area contributed by atoms with Crippen molar-refractivity contribution in [1.82, 2.24) is 5.32 Å². The molecular formula is C17H31NO11. The molecule has 170 valence electrons. The molecule has 1 aliphatic rings. The smallest absolute Gasteiger partial charge is 0.305 e. The molecule has 1 fully saturated rings. The molecule has 0 aromatic rings. The molecule has 0 aromatic carbocycles. The zero-order chi connectivity index (χ0) is 21.6. The van der Waals surface area contributed by atoms with Crippen LogP contribution in [0.2, 0.25) is 0 Å². The Morgan fingerprint density at radius 3 is 2.00 bits per heavy atom. The Labute approximate surface area is 168 Å². The van der Waals surface area contributed by atoms with Crippen molar-refractivity contribution in [1.29, 1.82) is 0 Å². The van der Waals surface area contributed by atoms with Gasteiger partial charge in [-0.25, -0.2) is 0 Å². The van der Waals surface area contributed by atoms with E-state index in [0.717, 1.165) is 0 Å². The van der Waals surface area contributed by atoms with Gasteiger partial charge < -0.3 is 49.4 Å². The van der Waals surface area contributed by atoms with Crippen LogP contribution in [0.25, 0.3) is 0 Å². The lowest BCUT2D eigenvalue weighted by Crippen LogP contribution is -2.64. The zero-order valence-electron chi connectivity index (χ0n) is 16.4. The molecule has 0 saturated carbocycles. The number of aliphatic carboxylic acids is 1. The summed E-state index contributed by atoms with van der Waals surface area (Å²) in [6.07, 6.45) is -4.87. The molecule has 1 rings (SSSR count). The minimum absolute atomic E-state index is 0.0499. The Kier molecular flexibility index (Phi) is 12.9. The number of nitrogens with one attached hydrogen (secondary N) is 1. The van der Waals surface area contributed by atoms with Gasteiger partial charge in [-0.1, -0.05) is 0 Å². The second kappa shape index (κ2) is 14.6. The van der Waals surface area contributed by atoms with Crippen molar-refractivity contribution in [2.75, 3.05) is 52.9 Å². The SMILES string of the molecule is CC(=O)NC1C(OCCOCCOCCOCCC(=O)O)OC(CO)C(O)C1O. The third-order valence-electron chi connectivity index (χ3n) is 3.96. The fraction of sp³-hybridized carbons (Fsp3) is 0.882. The summed E-state index contributed by atoms with van der Waals surface area (Å²) >= 11 is 0. The largest absolute Gasteiger partial charge is 0.481 e. The highest BCUT2D eigenvalue weighted by Gasteiger charge is 2.45. The molecule has 12 nitrogen and oxygen atoms in total. The monoisotopic (exact) mass is 425 g/mol. The van der Waals surface area contributed by atoms with Crippen LogP contribution in [-0.2, 0) is 33.3 Å². The molecule has 5 unspecified atom stereocenters. The molecule has 0 radical (unpaired) electrons. The molecule has 5 N–H and O–H groups in total. The first-order valence-corrected chi connectivity index (χ1v) is 9.33. The van der Waals surface area contributed by atoms with Crippen molar-refractivity contribution in [3.05, 3.63) is 0 Å². The number of carbonyl (C=O) groups excluding carboxylic acids is 1. The molecule has 0 bridgehead atoms. The highest BCUT2D eigenvalue weighted by atomic mass is 16.7. The van der Waals surface area contributed by atoms with Crippen molar-refractivity contribution < 1.29 is 53.7 Å². The van der Waals surface area contributed by atoms with Gasteiger partial charge in [0.15, 0.2) is 6.29 Å². The van der Waals surface area contributed by atoms with Gasteiger partial charge in [-0.15, -0.1) is 0 Å². The maximum absolute atomic E-state index is 11.3. The summed E-state index contributed by atoms with van der Waals surface area (Å²) in [5.74, 6) is -1.35.